The molecule has 8 atom stereocenters. The fourth-order valence-electron chi connectivity index (χ4n) is 13.4. The molecule has 4 fully saturated rings. The van der Waals surface area contributed by atoms with Gasteiger partial charge in [0.25, 0.3) is 5.89 Å². The van der Waals surface area contributed by atoms with Crippen LogP contribution in [0.1, 0.15) is 139 Å². The number of fused-ring (bicyclic) bond motifs is 7. The Labute approximate surface area is 320 Å². The number of pyridine rings is 1. The summed E-state index contributed by atoms with van der Waals surface area (Å²) >= 11 is 0. The summed E-state index contributed by atoms with van der Waals surface area (Å²) in [4.78, 5) is 43.7. The van der Waals surface area contributed by atoms with Gasteiger partial charge >= 0.3 is 11.9 Å². The Morgan fingerprint density at radius 3 is 2.30 bits per heavy atom. The zero-order chi connectivity index (χ0) is 39.4. The van der Waals surface area contributed by atoms with Gasteiger partial charge < -0.3 is 19.0 Å². The van der Waals surface area contributed by atoms with Crippen LogP contribution in [0.15, 0.2) is 33.9 Å². The molecule has 2 heterocycles. The molecule has 1 N–H and O–H groups in total. The lowest BCUT2D eigenvalue weighted by molar-refractivity contribution is -0.248. The van der Waals surface area contributed by atoms with Crippen molar-refractivity contribution in [3.05, 3.63) is 35.4 Å². The molecule has 0 radical (unpaired) electrons. The molecule has 4 saturated carbocycles. The van der Waals surface area contributed by atoms with Crippen LogP contribution in [0.5, 0.6) is 5.75 Å². The summed E-state index contributed by atoms with van der Waals surface area (Å²) in [6.45, 7) is 22.1. The fourth-order valence-corrected chi connectivity index (χ4v) is 13.4. The Balaban J connectivity index is 1.23. The van der Waals surface area contributed by atoms with Crippen molar-refractivity contribution < 1.29 is 33.4 Å². The number of esters is 1. The predicted octanol–water partition coefficient (Wildman–Crippen LogP) is 9.18. The van der Waals surface area contributed by atoms with Crippen LogP contribution >= 0.6 is 0 Å². The highest BCUT2D eigenvalue weighted by Crippen LogP contribution is 2.80. The number of aromatic nitrogens is 3. The van der Waals surface area contributed by atoms with Crippen LogP contribution in [-0.4, -0.2) is 51.2 Å². The minimum Gasteiger partial charge on any atom is -0.495 e. The quantitative estimate of drug-likeness (QED) is 0.260. The number of nitrogens with zero attached hydrogens (tertiary/aromatic N) is 3. The third-order valence-corrected chi connectivity index (χ3v) is 16.6. The smallest absolute Gasteiger partial charge is 0.309 e. The molecule has 5 aliphatic rings. The van der Waals surface area contributed by atoms with Crippen molar-refractivity contribution in [3.8, 4) is 17.3 Å². The summed E-state index contributed by atoms with van der Waals surface area (Å²) in [5.41, 5.74) is 0.360. The van der Waals surface area contributed by atoms with Crippen LogP contribution in [0, 0.1) is 50.2 Å². The first-order valence-corrected chi connectivity index (χ1v) is 20.2. The topological polar surface area (TPSA) is 142 Å². The van der Waals surface area contributed by atoms with Crippen LogP contribution in [0.2, 0.25) is 0 Å². The third kappa shape index (κ3) is 5.23. The summed E-state index contributed by atoms with van der Waals surface area (Å²) in [5.74, 6) is 1.18. The molecule has 5 aliphatic carbocycles. The molecular weight excluding hydrogens is 682 g/mol. The van der Waals surface area contributed by atoms with Crippen LogP contribution in [0.3, 0.4) is 0 Å². The van der Waals surface area contributed by atoms with E-state index in [9.17, 15) is 19.5 Å². The summed E-state index contributed by atoms with van der Waals surface area (Å²) in [6.07, 6.45) is 9.14. The minimum atomic E-state index is -1.17. The van der Waals surface area contributed by atoms with Crippen molar-refractivity contribution in [2.24, 2.45) is 50.2 Å². The van der Waals surface area contributed by atoms with Crippen LogP contribution < -0.4 is 4.74 Å². The number of rotatable bonds is 8. The number of Topliss-reactive ketones (excluding diaryl/α,β-unsaturated/α-hetero) is 1. The zero-order valence-electron chi connectivity index (χ0n) is 34.4. The number of hydrogen-bond acceptors (Lipinski definition) is 9. The van der Waals surface area contributed by atoms with Crippen LogP contribution in [0.25, 0.3) is 11.6 Å². The van der Waals surface area contributed by atoms with E-state index in [1.807, 2.05) is 12.1 Å². The van der Waals surface area contributed by atoms with Gasteiger partial charge in [0.05, 0.1) is 30.6 Å². The maximum atomic E-state index is 14.3. The van der Waals surface area contributed by atoms with Gasteiger partial charge in [0.2, 0.25) is 5.89 Å². The number of allylic oxidation sites excluding steroid dienone is 2. The second-order valence-electron chi connectivity index (χ2n) is 20.1. The Morgan fingerprint density at radius 2 is 1.67 bits per heavy atom. The maximum absolute atomic E-state index is 14.3. The average Bonchev–Trinajstić information content (AvgIpc) is 3.71. The highest BCUT2D eigenvalue weighted by Gasteiger charge is 2.74. The number of aliphatic carboxylic acids is 1. The van der Waals surface area contributed by atoms with Gasteiger partial charge in [-0.15, -0.1) is 10.2 Å². The molecule has 0 spiro atoms. The van der Waals surface area contributed by atoms with Crippen molar-refractivity contribution in [1.82, 2.24) is 15.2 Å². The van der Waals surface area contributed by atoms with Gasteiger partial charge in [0, 0.05) is 11.8 Å². The van der Waals surface area contributed by atoms with E-state index in [-0.39, 0.29) is 51.3 Å². The first kappa shape index (κ1) is 38.7. The summed E-state index contributed by atoms with van der Waals surface area (Å²) in [6, 6.07) is 3.65. The largest absolute Gasteiger partial charge is 0.495 e. The Kier molecular flexibility index (Phi) is 8.94. The SMILES string of the molecule is COc1ccc(-c2nnc(C34CCC5(C)C(C)(CCC6C7(C)CCC(OC(=O)CC(C)(C)C(=O)O)C(C)(C)C7CCC65C)C3=C(C(C)C)C(=O)C4)o2)nc1. The number of ketones is 1. The first-order chi connectivity index (χ1) is 25.1. The van der Waals surface area contributed by atoms with Gasteiger partial charge in [0.1, 0.15) is 17.5 Å². The number of carbonyl (C=O) groups is 3. The lowest BCUT2D eigenvalue weighted by Crippen LogP contribution is -2.68. The van der Waals surface area contributed by atoms with E-state index in [1.165, 1.54) is 5.57 Å². The Bertz CT molecular complexity index is 1890. The molecule has 2 aromatic rings. The summed E-state index contributed by atoms with van der Waals surface area (Å²) in [5, 5.41) is 18.8. The van der Waals surface area contributed by atoms with Gasteiger partial charge in [0.15, 0.2) is 5.78 Å². The molecule has 2 aromatic heterocycles. The standard InChI is InChI=1S/C44H61N3O7/c1-25(2)33-28(48)22-44(36-47-46-35(54-36)27-13-12-26(52-11)24-45-27)21-20-43(10)41(8)18-14-29-39(5,6)31(53-32(49)23-38(3,4)37(50)51)16-17-40(29,7)30(41)15-19-42(43,9)34(33)44/h12-13,24-25,29-31H,14-23H2,1-11H3,(H,50,51). The second kappa shape index (κ2) is 12.5. The van der Waals surface area contributed by atoms with Crippen LogP contribution in [0.4, 0.5) is 0 Å². The number of carboxylic acids is 1. The molecule has 0 aromatic carbocycles. The fraction of sp³-hybridized carbons (Fsp3) is 0.727. The van der Waals surface area contributed by atoms with E-state index >= 15 is 0 Å². The van der Waals surface area contributed by atoms with E-state index in [2.05, 4.69) is 65.5 Å². The van der Waals surface area contributed by atoms with Crippen molar-refractivity contribution in [3.63, 3.8) is 0 Å². The molecule has 10 heteroatoms. The monoisotopic (exact) mass is 743 g/mol. The molecule has 0 saturated heterocycles. The van der Waals surface area contributed by atoms with Crippen molar-refractivity contribution in [2.45, 2.75) is 145 Å². The Hall–Kier alpha value is -3.56. The average molecular weight is 744 g/mol. The molecule has 10 nitrogen and oxygen atoms in total. The number of hydrogen-bond donors (Lipinski definition) is 1. The van der Waals surface area contributed by atoms with Gasteiger partial charge in [-0.25, -0.2) is 4.98 Å². The third-order valence-electron chi connectivity index (χ3n) is 16.6. The van der Waals surface area contributed by atoms with E-state index in [0.29, 0.717) is 41.5 Å². The van der Waals surface area contributed by atoms with E-state index in [0.717, 1.165) is 56.9 Å². The normalized spacial score (nSPS) is 37.3. The molecule has 54 heavy (non-hydrogen) atoms. The van der Waals surface area contributed by atoms with Crippen molar-refractivity contribution in [1.29, 1.82) is 0 Å². The van der Waals surface area contributed by atoms with Gasteiger partial charge in [-0.2, -0.15) is 0 Å². The lowest BCUT2D eigenvalue weighted by atomic mass is 9.30. The molecular formula is C44H61N3O7. The highest BCUT2D eigenvalue weighted by molar-refractivity contribution is 6.02. The van der Waals surface area contributed by atoms with E-state index in [1.54, 1.807) is 27.2 Å². The zero-order valence-corrected chi connectivity index (χ0v) is 34.4. The summed E-state index contributed by atoms with van der Waals surface area (Å²) < 4.78 is 18.0. The maximum Gasteiger partial charge on any atom is 0.309 e. The van der Waals surface area contributed by atoms with Gasteiger partial charge in [-0.3, -0.25) is 14.4 Å². The molecule has 0 aliphatic heterocycles. The van der Waals surface area contributed by atoms with E-state index in [4.69, 9.17) is 19.0 Å². The highest BCUT2D eigenvalue weighted by atomic mass is 16.5. The molecule has 7 rings (SSSR count). The van der Waals surface area contributed by atoms with Crippen molar-refractivity contribution in [2.75, 3.05) is 7.11 Å². The molecule has 8 unspecified atom stereocenters. The first-order valence-electron chi connectivity index (χ1n) is 20.2. The van der Waals surface area contributed by atoms with E-state index < -0.39 is 22.8 Å². The van der Waals surface area contributed by atoms with Gasteiger partial charge in [-0.1, -0.05) is 55.4 Å². The number of ether oxygens (including phenoxy) is 2. The number of carbonyl (C=O) groups excluding carboxylic acids is 2. The number of methoxy groups -OCH3 is 1. The summed E-state index contributed by atoms with van der Waals surface area (Å²) in [7, 11) is 1.61. The predicted molar refractivity (Wildman–Crippen MR) is 203 cm³/mol. The molecule has 294 valence electrons. The van der Waals surface area contributed by atoms with Gasteiger partial charge in [-0.05, 0) is 128 Å². The molecule has 0 bridgehead atoms. The number of carboxylic acid groups (broad SMARTS) is 1. The Morgan fingerprint density at radius 1 is 0.963 bits per heavy atom. The second-order valence-corrected chi connectivity index (χ2v) is 20.1. The molecule has 0 amide bonds. The van der Waals surface area contributed by atoms with Crippen molar-refractivity contribution >= 4 is 17.7 Å². The lowest BCUT2D eigenvalue weighted by Gasteiger charge is -2.74. The minimum absolute atomic E-state index is 0.00371. The van der Waals surface area contributed by atoms with Crippen LogP contribution in [-0.2, 0) is 24.5 Å².